The van der Waals surface area contributed by atoms with Gasteiger partial charge >= 0.3 is 6.03 Å². The van der Waals surface area contributed by atoms with Crippen molar-refractivity contribution in [1.29, 1.82) is 0 Å². The quantitative estimate of drug-likeness (QED) is 0.643. The summed E-state index contributed by atoms with van der Waals surface area (Å²) in [6.45, 7) is 4.12. The number of amides is 3. The molecule has 0 aromatic heterocycles. The van der Waals surface area contributed by atoms with Crippen molar-refractivity contribution < 1.29 is 14.3 Å². The molecule has 0 radical (unpaired) electrons. The van der Waals surface area contributed by atoms with Gasteiger partial charge in [-0.1, -0.05) is 12.6 Å². The lowest BCUT2D eigenvalue weighted by atomic mass is 9.81. The number of hydrogen-bond donors (Lipinski definition) is 4. The van der Waals surface area contributed by atoms with E-state index in [1.807, 2.05) is 6.07 Å². The molecule has 7 nitrogen and oxygen atoms in total. The average molecular weight is 356 g/mol. The van der Waals surface area contributed by atoms with Gasteiger partial charge in [0.1, 0.15) is 11.4 Å². The van der Waals surface area contributed by atoms with Gasteiger partial charge < -0.3 is 26.4 Å². The fourth-order valence-electron chi connectivity index (χ4n) is 3.50. The largest absolute Gasteiger partial charge is 0.497 e. The molecule has 2 aliphatic rings. The molecule has 7 heteroatoms. The second-order valence-corrected chi connectivity index (χ2v) is 6.54. The van der Waals surface area contributed by atoms with Crippen LogP contribution in [0.5, 0.6) is 5.75 Å². The van der Waals surface area contributed by atoms with Crippen LogP contribution in [-0.2, 0) is 11.2 Å². The summed E-state index contributed by atoms with van der Waals surface area (Å²) in [5.74, 6) is 0.826. The highest BCUT2D eigenvalue weighted by molar-refractivity contribution is 6.00. The van der Waals surface area contributed by atoms with Gasteiger partial charge in [0.05, 0.1) is 18.5 Å². The molecule has 26 heavy (non-hydrogen) atoms. The van der Waals surface area contributed by atoms with Crippen molar-refractivity contribution in [2.75, 3.05) is 13.7 Å². The molecule has 138 valence electrons. The minimum absolute atomic E-state index is 0.0458. The number of aryl methyl sites for hydroxylation is 1. The summed E-state index contributed by atoms with van der Waals surface area (Å²) >= 11 is 0. The van der Waals surface area contributed by atoms with Crippen LogP contribution in [0.25, 0.3) is 0 Å². The highest BCUT2D eigenvalue weighted by Gasteiger charge is 2.25. The molecule has 0 unspecified atom stereocenters. The Hall–Kier alpha value is -2.96. The lowest BCUT2D eigenvalue weighted by molar-refractivity contribution is -0.117. The fraction of sp³-hybridized carbons (Fsp3) is 0.368. The lowest BCUT2D eigenvalue weighted by Gasteiger charge is -2.26. The van der Waals surface area contributed by atoms with E-state index < -0.39 is 11.9 Å². The van der Waals surface area contributed by atoms with E-state index in [4.69, 9.17) is 10.5 Å². The van der Waals surface area contributed by atoms with Gasteiger partial charge in [0.25, 0.3) is 5.91 Å². The molecule has 1 aromatic rings. The third kappa shape index (κ3) is 3.66. The molecule has 3 amide bonds. The molecule has 1 heterocycles. The van der Waals surface area contributed by atoms with E-state index in [0.717, 1.165) is 31.4 Å². The maximum absolute atomic E-state index is 12.3. The molecule has 0 saturated carbocycles. The van der Waals surface area contributed by atoms with E-state index in [9.17, 15) is 9.59 Å². The summed E-state index contributed by atoms with van der Waals surface area (Å²) in [5, 5.41) is 7.69. The molecule has 0 fully saturated rings. The first-order valence-electron chi connectivity index (χ1n) is 8.71. The van der Waals surface area contributed by atoms with Crippen molar-refractivity contribution >= 4 is 11.9 Å². The Balaban J connectivity index is 1.62. The zero-order valence-corrected chi connectivity index (χ0v) is 14.9. The summed E-state index contributed by atoms with van der Waals surface area (Å²) in [6.07, 6.45) is 4.11. The minimum Gasteiger partial charge on any atom is -0.497 e. The lowest BCUT2D eigenvalue weighted by Crippen LogP contribution is -2.47. The Kier molecular flexibility index (Phi) is 5.16. The molecule has 5 N–H and O–H groups in total. The first kappa shape index (κ1) is 17.8. The number of methoxy groups -OCH3 is 1. The normalized spacial score (nSPS) is 19.3. The van der Waals surface area contributed by atoms with Crippen molar-refractivity contribution in [3.05, 3.63) is 53.0 Å². The van der Waals surface area contributed by atoms with Crippen molar-refractivity contribution in [3.63, 3.8) is 0 Å². The van der Waals surface area contributed by atoms with E-state index in [-0.39, 0.29) is 17.1 Å². The van der Waals surface area contributed by atoms with Crippen LogP contribution in [-0.4, -0.2) is 25.6 Å². The van der Waals surface area contributed by atoms with Crippen LogP contribution in [0, 0.1) is 0 Å². The summed E-state index contributed by atoms with van der Waals surface area (Å²) in [6, 6.07) is 5.70. The molecule has 0 bridgehead atoms. The van der Waals surface area contributed by atoms with Crippen LogP contribution in [0.2, 0.25) is 0 Å². The second-order valence-electron chi connectivity index (χ2n) is 6.54. The molecule has 1 atom stereocenters. The maximum atomic E-state index is 12.3. The molecule has 1 aromatic carbocycles. The van der Waals surface area contributed by atoms with E-state index in [1.165, 1.54) is 11.1 Å². The maximum Gasteiger partial charge on any atom is 0.323 e. The van der Waals surface area contributed by atoms with Gasteiger partial charge in [-0.3, -0.25) is 4.79 Å². The summed E-state index contributed by atoms with van der Waals surface area (Å²) in [7, 11) is 1.67. The van der Waals surface area contributed by atoms with E-state index in [1.54, 1.807) is 7.11 Å². The topological polar surface area (TPSA) is 105 Å². The Labute approximate surface area is 152 Å². The van der Waals surface area contributed by atoms with E-state index >= 15 is 0 Å². The van der Waals surface area contributed by atoms with Crippen LogP contribution in [0.1, 0.15) is 36.3 Å². The Morgan fingerprint density at radius 1 is 1.42 bits per heavy atom. The first-order chi connectivity index (χ1) is 12.5. The van der Waals surface area contributed by atoms with Gasteiger partial charge in [-0.15, -0.1) is 0 Å². The summed E-state index contributed by atoms with van der Waals surface area (Å²) in [4.78, 5) is 23.8. The highest BCUT2D eigenvalue weighted by atomic mass is 16.5. The second kappa shape index (κ2) is 7.51. The Morgan fingerprint density at radius 3 is 3.00 bits per heavy atom. The van der Waals surface area contributed by atoms with Gasteiger partial charge in [0.15, 0.2) is 0 Å². The van der Waals surface area contributed by atoms with Crippen LogP contribution in [0.4, 0.5) is 4.79 Å². The predicted molar refractivity (Wildman–Crippen MR) is 98.3 cm³/mol. The van der Waals surface area contributed by atoms with Crippen molar-refractivity contribution in [2.45, 2.75) is 31.6 Å². The molecule has 0 spiro atoms. The van der Waals surface area contributed by atoms with E-state index in [0.29, 0.717) is 12.5 Å². The van der Waals surface area contributed by atoms with Gasteiger partial charge in [-0.2, -0.15) is 0 Å². The monoisotopic (exact) mass is 356 g/mol. The zero-order valence-electron chi connectivity index (χ0n) is 14.9. The molecule has 1 aliphatic carbocycles. The van der Waals surface area contributed by atoms with Gasteiger partial charge in [-0.25, -0.2) is 4.79 Å². The van der Waals surface area contributed by atoms with Gasteiger partial charge in [0, 0.05) is 6.54 Å². The number of carbonyl (C=O) groups is 2. The number of urea groups is 1. The highest BCUT2D eigenvalue weighted by Crippen LogP contribution is 2.35. The summed E-state index contributed by atoms with van der Waals surface area (Å²) in [5.41, 5.74) is 8.89. The Morgan fingerprint density at radius 2 is 2.23 bits per heavy atom. The van der Waals surface area contributed by atoms with Crippen LogP contribution in [0.3, 0.4) is 0 Å². The van der Waals surface area contributed by atoms with E-state index in [2.05, 4.69) is 34.7 Å². The molecule has 0 saturated heterocycles. The number of carbonyl (C=O) groups excluding carboxylic acids is 2. The number of hydrogen-bond acceptors (Lipinski definition) is 4. The third-order valence-electron chi connectivity index (χ3n) is 4.89. The summed E-state index contributed by atoms with van der Waals surface area (Å²) < 4.78 is 5.34. The van der Waals surface area contributed by atoms with Crippen molar-refractivity contribution in [2.24, 2.45) is 5.73 Å². The molecular weight excluding hydrogens is 332 g/mol. The zero-order chi connectivity index (χ0) is 18.7. The Bertz CT molecular complexity index is 785. The van der Waals surface area contributed by atoms with Gasteiger partial charge in [0.2, 0.25) is 0 Å². The number of nitrogens with one attached hydrogen (secondary N) is 3. The first-order valence-corrected chi connectivity index (χ1v) is 8.71. The van der Waals surface area contributed by atoms with Crippen molar-refractivity contribution in [1.82, 2.24) is 16.0 Å². The van der Waals surface area contributed by atoms with Crippen LogP contribution in [0.15, 0.2) is 41.9 Å². The number of benzene rings is 1. The minimum atomic E-state index is -0.511. The predicted octanol–water partition coefficient (Wildman–Crippen LogP) is 1.62. The number of nitrogens with two attached hydrogens (primary N) is 1. The van der Waals surface area contributed by atoms with Crippen molar-refractivity contribution in [3.8, 4) is 5.75 Å². The number of ether oxygens (including phenoxy) is 1. The molecule has 1 aliphatic heterocycles. The van der Waals surface area contributed by atoms with Crippen LogP contribution >= 0.6 is 0 Å². The number of rotatable bonds is 5. The average Bonchev–Trinajstić information content (AvgIpc) is 2.64. The third-order valence-corrected chi connectivity index (χ3v) is 4.89. The van der Waals surface area contributed by atoms with Gasteiger partial charge in [-0.05, 0) is 54.9 Å². The molecule has 3 rings (SSSR count). The van der Waals surface area contributed by atoms with Crippen LogP contribution < -0.4 is 26.4 Å². The molecular formula is C19H24N4O3. The number of fused-ring (bicyclic) bond motifs is 1. The standard InChI is InChI=1S/C19H24N4O3/c1-11-16(20)17(23-19(25)22-11)18(24)21-9-8-13-5-3-4-12-6-7-14(26-2)10-15(12)13/h6-7,10,13H,1,3-5,8-9,20H2,2H3,(H,21,24)(H2,22,23,25)/t13-/m0/s1. The smallest absolute Gasteiger partial charge is 0.323 e. The fourth-order valence-corrected chi connectivity index (χ4v) is 3.50. The SMILES string of the molecule is C=C1NC(=O)NC(C(=O)NCC[C@@H]2CCCc3ccc(OC)cc32)=C1N.